The van der Waals surface area contributed by atoms with Gasteiger partial charge in [-0.05, 0) is 73.0 Å². The van der Waals surface area contributed by atoms with E-state index in [9.17, 15) is 4.79 Å². The topological polar surface area (TPSA) is 44.8 Å². The Kier molecular flexibility index (Phi) is 5.76. The summed E-state index contributed by atoms with van der Waals surface area (Å²) >= 11 is 1.73. The Morgan fingerprint density at radius 2 is 1.96 bits per heavy atom. The third-order valence-corrected chi connectivity index (χ3v) is 6.31. The second kappa shape index (κ2) is 8.42. The molecule has 0 saturated carbocycles. The number of carbonyl (C=O) groups excluding carboxylic acids is 1. The molecule has 1 aromatic heterocycles. The highest BCUT2D eigenvalue weighted by molar-refractivity contribution is 7.07. The van der Waals surface area contributed by atoms with E-state index in [-0.39, 0.29) is 11.9 Å². The second-order valence-corrected chi connectivity index (χ2v) is 8.04. The van der Waals surface area contributed by atoms with Crippen LogP contribution in [-0.4, -0.2) is 49.7 Å². The minimum Gasteiger partial charge on any atom is -0.378 e. The first-order valence-corrected chi connectivity index (χ1v) is 10.7. The van der Waals surface area contributed by atoms with E-state index in [0.717, 1.165) is 51.4 Å². The van der Waals surface area contributed by atoms with Crippen molar-refractivity contribution in [3.63, 3.8) is 0 Å². The van der Waals surface area contributed by atoms with Crippen LogP contribution in [0.15, 0.2) is 41.1 Å². The lowest BCUT2D eigenvalue weighted by atomic mass is 10.1. The number of hydrogen-bond acceptors (Lipinski definition) is 5. The van der Waals surface area contributed by atoms with Crippen molar-refractivity contribution in [2.75, 3.05) is 43.1 Å². The number of morpholine rings is 1. The first kappa shape index (κ1) is 18.5. The molecule has 0 spiro atoms. The van der Waals surface area contributed by atoms with Crippen molar-refractivity contribution < 1.29 is 9.53 Å². The summed E-state index contributed by atoms with van der Waals surface area (Å²) in [5.41, 5.74) is 3.38. The van der Waals surface area contributed by atoms with Crippen molar-refractivity contribution in [2.45, 2.75) is 31.8 Å². The smallest absolute Gasteiger partial charge is 0.241 e. The van der Waals surface area contributed by atoms with E-state index >= 15 is 0 Å². The van der Waals surface area contributed by atoms with E-state index in [1.807, 2.05) is 19.1 Å². The van der Waals surface area contributed by atoms with Crippen LogP contribution in [0.2, 0.25) is 0 Å². The zero-order chi connectivity index (χ0) is 18.6. The van der Waals surface area contributed by atoms with Crippen LogP contribution < -0.4 is 10.2 Å². The molecule has 0 bridgehead atoms. The summed E-state index contributed by atoms with van der Waals surface area (Å²) in [6.45, 7) is 6.38. The summed E-state index contributed by atoms with van der Waals surface area (Å²) in [5, 5.41) is 7.42. The Labute approximate surface area is 164 Å². The molecule has 144 valence electrons. The Morgan fingerprint density at radius 1 is 1.19 bits per heavy atom. The van der Waals surface area contributed by atoms with Crippen LogP contribution in [-0.2, 0) is 9.53 Å². The molecule has 2 aliphatic heterocycles. The van der Waals surface area contributed by atoms with Crippen LogP contribution in [0, 0.1) is 0 Å². The molecule has 0 radical (unpaired) electrons. The van der Waals surface area contributed by atoms with Crippen LogP contribution >= 0.6 is 11.3 Å². The predicted molar refractivity (Wildman–Crippen MR) is 111 cm³/mol. The summed E-state index contributed by atoms with van der Waals surface area (Å²) in [4.78, 5) is 17.5. The monoisotopic (exact) mass is 385 g/mol. The summed E-state index contributed by atoms with van der Waals surface area (Å²) in [5.74, 6) is 0.0660. The van der Waals surface area contributed by atoms with Gasteiger partial charge in [0, 0.05) is 30.5 Å². The Bertz CT molecular complexity index is 741. The molecule has 1 aromatic carbocycles. The van der Waals surface area contributed by atoms with E-state index < -0.39 is 0 Å². The Morgan fingerprint density at radius 3 is 2.67 bits per heavy atom. The number of likely N-dealkylation sites (tertiary alicyclic amines) is 1. The van der Waals surface area contributed by atoms with Crippen LogP contribution in [0.4, 0.5) is 11.4 Å². The number of anilines is 2. The van der Waals surface area contributed by atoms with E-state index in [1.54, 1.807) is 11.3 Å². The third kappa shape index (κ3) is 4.18. The molecule has 2 saturated heterocycles. The van der Waals surface area contributed by atoms with Gasteiger partial charge >= 0.3 is 0 Å². The van der Waals surface area contributed by atoms with Crippen molar-refractivity contribution in [3.8, 4) is 0 Å². The fourth-order valence-corrected chi connectivity index (χ4v) is 4.76. The fourth-order valence-electron chi connectivity index (χ4n) is 4.05. The maximum atomic E-state index is 12.8. The van der Waals surface area contributed by atoms with Gasteiger partial charge in [-0.2, -0.15) is 11.3 Å². The van der Waals surface area contributed by atoms with Gasteiger partial charge in [-0.15, -0.1) is 0 Å². The molecule has 4 rings (SSSR count). The molecule has 1 amide bonds. The van der Waals surface area contributed by atoms with E-state index in [2.05, 4.69) is 44.1 Å². The van der Waals surface area contributed by atoms with Gasteiger partial charge in [0.25, 0.3) is 0 Å². The number of nitrogens with zero attached hydrogens (tertiary/aromatic N) is 2. The average Bonchev–Trinajstić information content (AvgIpc) is 3.40. The number of thiophene rings is 1. The minimum absolute atomic E-state index is 0.0660. The summed E-state index contributed by atoms with van der Waals surface area (Å²) < 4.78 is 5.41. The first-order valence-electron chi connectivity index (χ1n) is 9.74. The third-order valence-electron chi connectivity index (χ3n) is 5.61. The molecule has 2 fully saturated rings. The highest BCUT2D eigenvalue weighted by Crippen LogP contribution is 2.34. The highest BCUT2D eigenvalue weighted by atomic mass is 32.1. The van der Waals surface area contributed by atoms with Crippen molar-refractivity contribution in [1.29, 1.82) is 0 Å². The molecule has 27 heavy (non-hydrogen) atoms. The average molecular weight is 386 g/mol. The number of rotatable bonds is 5. The molecule has 2 aliphatic rings. The van der Waals surface area contributed by atoms with Crippen molar-refractivity contribution in [2.24, 2.45) is 0 Å². The standard InChI is InChI=1S/C21H27N3O2S/c1-16(24-9-2-3-20(24)17-8-14-27-15-17)21(25)22-18-4-6-19(7-5-18)23-10-12-26-13-11-23/h4-8,14-16,20H,2-3,9-13H2,1H3,(H,22,25)/t16-,20-/m1/s1. The van der Waals surface area contributed by atoms with Gasteiger partial charge in [-0.3, -0.25) is 9.69 Å². The van der Waals surface area contributed by atoms with Gasteiger partial charge in [0.1, 0.15) is 0 Å². The van der Waals surface area contributed by atoms with Gasteiger partial charge in [0.05, 0.1) is 19.3 Å². The van der Waals surface area contributed by atoms with Crippen LogP contribution in [0.1, 0.15) is 31.4 Å². The molecule has 2 aromatic rings. The SMILES string of the molecule is C[C@H](C(=O)Nc1ccc(N2CCOCC2)cc1)N1CCC[C@@H]1c1ccsc1. The molecule has 6 heteroatoms. The first-order chi connectivity index (χ1) is 13.2. The molecule has 5 nitrogen and oxygen atoms in total. The Balaban J connectivity index is 1.38. The maximum absolute atomic E-state index is 12.8. The lowest BCUT2D eigenvalue weighted by Gasteiger charge is -2.30. The van der Waals surface area contributed by atoms with Gasteiger partial charge < -0.3 is 15.0 Å². The number of amides is 1. The fraction of sp³-hybridized carbons (Fsp3) is 0.476. The second-order valence-electron chi connectivity index (χ2n) is 7.26. The number of carbonyl (C=O) groups is 1. The number of ether oxygens (including phenoxy) is 1. The zero-order valence-corrected chi connectivity index (χ0v) is 16.6. The molecule has 2 atom stereocenters. The summed E-state index contributed by atoms with van der Waals surface area (Å²) in [6, 6.07) is 10.6. The maximum Gasteiger partial charge on any atom is 0.241 e. The molecule has 1 N–H and O–H groups in total. The van der Waals surface area contributed by atoms with E-state index in [1.165, 1.54) is 11.3 Å². The molecule has 3 heterocycles. The summed E-state index contributed by atoms with van der Waals surface area (Å²) in [7, 11) is 0. The summed E-state index contributed by atoms with van der Waals surface area (Å²) in [6.07, 6.45) is 2.27. The predicted octanol–water partition coefficient (Wildman–Crippen LogP) is 3.75. The van der Waals surface area contributed by atoms with Gasteiger partial charge in [-0.1, -0.05) is 0 Å². The van der Waals surface area contributed by atoms with Gasteiger partial charge in [0.2, 0.25) is 5.91 Å². The van der Waals surface area contributed by atoms with Crippen molar-refractivity contribution >= 4 is 28.6 Å². The normalized spacial score (nSPS) is 22.0. The van der Waals surface area contributed by atoms with Crippen molar-refractivity contribution in [3.05, 3.63) is 46.7 Å². The van der Waals surface area contributed by atoms with E-state index in [0.29, 0.717) is 6.04 Å². The minimum atomic E-state index is -0.142. The van der Waals surface area contributed by atoms with Crippen LogP contribution in [0.25, 0.3) is 0 Å². The molecular weight excluding hydrogens is 358 g/mol. The van der Waals surface area contributed by atoms with E-state index in [4.69, 9.17) is 4.74 Å². The number of benzene rings is 1. The quantitative estimate of drug-likeness (QED) is 0.851. The lowest BCUT2D eigenvalue weighted by molar-refractivity contribution is -0.121. The lowest BCUT2D eigenvalue weighted by Crippen LogP contribution is -2.41. The zero-order valence-electron chi connectivity index (χ0n) is 15.8. The highest BCUT2D eigenvalue weighted by Gasteiger charge is 2.33. The van der Waals surface area contributed by atoms with Crippen molar-refractivity contribution in [1.82, 2.24) is 4.90 Å². The largest absolute Gasteiger partial charge is 0.378 e. The molecular formula is C21H27N3O2S. The van der Waals surface area contributed by atoms with Crippen LogP contribution in [0.5, 0.6) is 0 Å². The molecule has 0 unspecified atom stereocenters. The van der Waals surface area contributed by atoms with Gasteiger partial charge in [0.15, 0.2) is 0 Å². The van der Waals surface area contributed by atoms with Gasteiger partial charge in [-0.25, -0.2) is 0 Å². The van der Waals surface area contributed by atoms with Crippen LogP contribution in [0.3, 0.4) is 0 Å². The molecule has 0 aliphatic carbocycles. The number of nitrogens with one attached hydrogen (secondary N) is 1. The number of hydrogen-bond donors (Lipinski definition) is 1. The Hall–Kier alpha value is -1.89.